The van der Waals surface area contributed by atoms with Gasteiger partial charge < -0.3 is 15.7 Å². The Labute approximate surface area is 213 Å². The maximum absolute atomic E-state index is 12.6. The Morgan fingerprint density at radius 3 is 2.51 bits per heavy atom. The second kappa shape index (κ2) is 12.6. The first-order valence-corrected chi connectivity index (χ1v) is 12.9. The highest BCUT2D eigenvalue weighted by Gasteiger charge is 2.27. The van der Waals surface area contributed by atoms with Gasteiger partial charge in [-0.25, -0.2) is 8.42 Å². The van der Waals surface area contributed by atoms with E-state index in [1.165, 1.54) is 36.4 Å². The van der Waals surface area contributed by atoms with Crippen LogP contribution in [-0.2, 0) is 26.0 Å². The van der Waals surface area contributed by atoms with Gasteiger partial charge in [0, 0.05) is 31.6 Å². The number of amides is 2. The number of aliphatic imine (C=N–C) groups is 1. The van der Waals surface area contributed by atoms with E-state index in [0.29, 0.717) is 18.9 Å². The van der Waals surface area contributed by atoms with Gasteiger partial charge >= 0.3 is 5.97 Å². The molecule has 1 unspecified atom stereocenters. The standard InChI is InChI=1S/C24H26N6O6S/c25-14-18-4-1-2-5-20(18)37(35,36)30-19(23(33)34)15-28-22(32)17-9-6-16(7-10-17)8-11-21(31)29-24-26-12-3-13-27-24/h1-2,4-7,9-10,19,30H,3,8,11-13,15H2,(H,28,32)(H,33,34)(H2,26,27,29,31). The molecular weight excluding hydrogens is 500 g/mol. The van der Waals surface area contributed by atoms with Crippen LogP contribution in [0.25, 0.3) is 0 Å². The molecule has 13 heteroatoms. The monoisotopic (exact) mass is 526 g/mol. The fourth-order valence-electron chi connectivity index (χ4n) is 3.41. The number of carbonyl (C=O) groups excluding carboxylic acids is 2. The van der Waals surface area contributed by atoms with Crippen LogP contribution in [-0.4, -0.2) is 62.9 Å². The Bertz CT molecular complexity index is 1330. The van der Waals surface area contributed by atoms with E-state index in [2.05, 4.69) is 20.9 Å². The van der Waals surface area contributed by atoms with Crippen molar-refractivity contribution in [3.8, 4) is 6.07 Å². The first-order chi connectivity index (χ1) is 17.7. The van der Waals surface area contributed by atoms with Gasteiger partial charge in [-0.3, -0.25) is 24.7 Å². The highest BCUT2D eigenvalue weighted by Crippen LogP contribution is 2.15. The zero-order valence-electron chi connectivity index (χ0n) is 19.7. The Hall–Kier alpha value is -4.28. The summed E-state index contributed by atoms with van der Waals surface area (Å²) in [6, 6.07) is 11.9. The number of carbonyl (C=O) groups is 3. The number of carboxylic acids is 1. The molecule has 0 spiro atoms. The topological polar surface area (TPSA) is 190 Å². The van der Waals surface area contributed by atoms with E-state index in [0.717, 1.165) is 18.5 Å². The number of guanidine groups is 1. The average Bonchev–Trinajstić information content (AvgIpc) is 2.90. The van der Waals surface area contributed by atoms with Crippen molar-refractivity contribution in [3.05, 3.63) is 65.2 Å². The third kappa shape index (κ3) is 7.86. The van der Waals surface area contributed by atoms with Crippen LogP contribution in [0.4, 0.5) is 0 Å². The van der Waals surface area contributed by atoms with Crippen molar-refractivity contribution < 1.29 is 27.9 Å². The van der Waals surface area contributed by atoms with Crippen molar-refractivity contribution >= 4 is 33.8 Å². The van der Waals surface area contributed by atoms with Crippen molar-refractivity contribution in [1.82, 2.24) is 20.7 Å². The molecule has 2 aromatic rings. The number of benzene rings is 2. The van der Waals surface area contributed by atoms with Crippen LogP contribution in [0.15, 0.2) is 58.4 Å². The first-order valence-electron chi connectivity index (χ1n) is 11.4. The van der Waals surface area contributed by atoms with Gasteiger partial charge in [-0.05, 0) is 42.7 Å². The summed E-state index contributed by atoms with van der Waals surface area (Å²) in [6.07, 6.45) is 1.58. The Kier molecular flexibility index (Phi) is 9.31. The number of aliphatic carboxylic acids is 1. The van der Waals surface area contributed by atoms with Gasteiger partial charge in [-0.1, -0.05) is 24.3 Å². The van der Waals surface area contributed by atoms with Crippen molar-refractivity contribution in [1.29, 1.82) is 5.26 Å². The van der Waals surface area contributed by atoms with Crippen molar-refractivity contribution in [2.45, 2.75) is 30.2 Å². The molecule has 0 saturated heterocycles. The van der Waals surface area contributed by atoms with Gasteiger partial charge in [-0.15, -0.1) is 0 Å². The molecule has 0 aliphatic carbocycles. The molecular formula is C24H26N6O6S. The molecule has 2 amide bonds. The highest BCUT2D eigenvalue weighted by molar-refractivity contribution is 7.89. The normalized spacial score (nSPS) is 13.9. The van der Waals surface area contributed by atoms with Crippen LogP contribution < -0.4 is 20.7 Å². The molecule has 194 valence electrons. The van der Waals surface area contributed by atoms with Crippen LogP contribution in [0.5, 0.6) is 0 Å². The Morgan fingerprint density at radius 2 is 1.86 bits per heavy atom. The largest absolute Gasteiger partial charge is 0.480 e. The van der Waals surface area contributed by atoms with E-state index in [-0.39, 0.29) is 28.4 Å². The van der Waals surface area contributed by atoms with Crippen molar-refractivity contribution in [2.24, 2.45) is 4.99 Å². The smallest absolute Gasteiger partial charge is 0.323 e. The van der Waals surface area contributed by atoms with Gasteiger partial charge in [0.05, 0.1) is 10.5 Å². The Balaban J connectivity index is 1.53. The number of carboxylic acid groups (broad SMARTS) is 1. The van der Waals surface area contributed by atoms with Gasteiger partial charge in [0.15, 0.2) is 5.96 Å². The second-order valence-corrected chi connectivity index (χ2v) is 9.77. The maximum atomic E-state index is 12.6. The lowest BCUT2D eigenvalue weighted by Gasteiger charge is -2.16. The number of nitrogens with zero attached hydrogens (tertiary/aromatic N) is 2. The molecule has 1 aliphatic heterocycles. The van der Waals surface area contributed by atoms with Gasteiger partial charge in [-0.2, -0.15) is 9.98 Å². The molecule has 1 atom stereocenters. The molecule has 12 nitrogen and oxygen atoms in total. The molecule has 5 N–H and O–H groups in total. The number of nitrogens with one attached hydrogen (secondary N) is 4. The van der Waals surface area contributed by atoms with Gasteiger partial charge in [0.25, 0.3) is 5.91 Å². The van der Waals surface area contributed by atoms with Crippen LogP contribution in [0.1, 0.15) is 34.3 Å². The molecule has 3 rings (SSSR count). The highest BCUT2D eigenvalue weighted by atomic mass is 32.2. The quantitative estimate of drug-likeness (QED) is 0.288. The summed E-state index contributed by atoms with van der Waals surface area (Å²) in [7, 11) is -4.34. The fraction of sp³-hybridized carbons (Fsp3) is 0.292. The maximum Gasteiger partial charge on any atom is 0.323 e. The lowest BCUT2D eigenvalue weighted by atomic mass is 10.1. The number of hydrogen-bond acceptors (Lipinski definition) is 8. The molecule has 2 aromatic carbocycles. The summed E-state index contributed by atoms with van der Waals surface area (Å²) in [6.45, 7) is 0.902. The minimum absolute atomic E-state index is 0.139. The van der Waals surface area contributed by atoms with E-state index in [1.54, 1.807) is 18.2 Å². The van der Waals surface area contributed by atoms with E-state index in [1.807, 2.05) is 4.72 Å². The summed E-state index contributed by atoms with van der Waals surface area (Å²) >= 11 is 0. The van der Waals surface area contributed by atoms with Gasteiger partial charge in [0.1, 0.15) is 12.1 Å². The summed E-state index contributed by atoms with van der Waals surface area (Å²) in [5.41, 5.74) is 0.911. The number of sulfonamides is 1. The van der Waals surface area contributed by atoms with Crippen molar-refractivity contribution in [3.63, 3.8) is 0 Å². The summed E-state index contributed by atoms with van der Waals surface area (Å²) in [4.78, 5) is 40.0. The molecule has 0 saturated carbocycles. The molecule has 0 radical (unpaired) electrons. The van der Waals surface area contributed by atoms with E-state index in [9.17, 15) is 27.9 Å². The van der Waals surface area contributed by atoms with Crippen LogP contribution in [0.3, 0.4) is 0 Å². The second-order valence-electron chi connectivity index (χ2n) is 8.09. The summed E-state index contributed by atoms with van der Waals surface area (Å²) in [5.74, 6) is -1.82. The van der Waals surface area contributed by atoms with E-state index in [4.69, 9.17) is 5.26 Å². The summed E-state index contributed by atoms with van der Waals surface area (Å²) < 4.78 is 27.3. The van der Waals surface area contributed by atoms with Crippen LogP contribution in [0.2, 0.25) is 0 Å². The predicted octanol–water partition coefficient (Wildman–Crippen LogP) is 0.118. The number of aryl methyl sites for hydroxylation is 1. The molecule has 1 aliphatic rings. The molecule has 0 aromatic heterocycles. The van der Waals surface area contributed by atoms with E-state index < -0.39 is 34.5 Å². The third-order valence-electron chi connectivity index (χ3n) is 5.37. The number of rotatable bonds is 10. The average molecular weight is 527 g/mol. The third-order valence-corrected chi connectivity index (χ3v) is 6.90. The lowest BCUT2D eigenvalue weighted by Crippen LogP contribution is -2.48. The number of hydrogen-bond donors (Lipinski definition) is 5. The Morgan fingerprint density at radius 1 is 1.14 bits per heavy atom. The number of nitriles is 1. The summed E-state index contributed by atoms with van der Waals surface area (Å²) in [5, 5.41) is 26.7. The minimum Gasteiger partial charge on any atom is -0.480 e. The first kappa shape index (κ1) is 27.3. The van der Waals surface area contributed by atoms with Crippen molar-refractivity contribution in [2.75, 3.05) is 19.6 Å². The molecule has 1 heterocycles. The van der Waals surface area contributed by atoms with E-state index >= 15 is 0 Å². The molecule has 37 heavy (non-hydrogen) atoms. The predicted molar refractivity (Wildman–Crippen MR) is 133 cm³/mol. The zero-order valence-corrected chi connectivity index (χ0v) is 20.5. The van der Waals surface area contributed by atoms with Gasteiger partial charge in [0.2, 0.25) is 15.9 Å². The fourth-order valence-corrected chi connectivity index (χ4v) is 4.76. The SMILES string of the molecule is N#Cc1ccccc1S(=O)(=O)NC(CNC(=O)c1ccc(CCC(=O)NC2=NCCCN2)cc1)C(=O)O. The zero-order chi connectivity index (χ0) is 26.8. The minimum atomic E-state index is -4.34. The lowest BCUT2D eigenvalue weighted by molar-refractivity contribution is -0.138. The molecule has 0 fully saturated rings. The van der Waals surface area contributed by atoms with Crippen LogP contribution >= 0.6 is 0 Å². The molecule has 0 bridgehead atoms. The van der Waals surface area contributed by atoms with Crippen LogP contribution in [0, 0.1) is 11.3 Å².